The Morgan fingerprint density at radius 3 is 2.41 bits per heavy atom. The number of aliphatic carboxylic acids is 1. The maximum absolute atomic E-state index is 11.2. The zero-order valence-corrected chi connectivity index (χ0v) is 10.4. The molecule has 1 saturated heterocycles. The molecule has 0 aliphatic carbocycles. The second-order valence-electron chi connectivity index (χ2n) is 4.71. The van der Waals surface area contributed by atoms with E-state index in [1.54, 1.807) is 0 Å². The Labute approximate surface area is 102 Å². The fourth-order valence-corrected chi connectivity index (χ4v) is 2.36. The van der Waals surface area contributed by atoms with Crippen LogP contribution in [0.2, 0.25) is 0 Å². The third-order valence-electron chi connectivity index (χ3n) is 3.49. The largest absolute Gasteiger partial charge is 0.480 e. The number of carbonyl (C=O) groups excluding carboxylic acids is 1. The summed E-state index contributed by atoms with van der Waals surface area (Å²) in [6.45, 7) is 3.38. The van der Waals surface area contributed by atoms with Crippen LogP contribution in [0, 0.1) is 5.92 Å². The van der Waals surface area contributed by atoms with Crippen LogP contribution in [-0.2, 0) is 9.59 Å². The van der Waals surface area contributed by atoms with Crippen molar-refractivity contribution < 1.29 is 14.7 Å². The van der Waals surface area contributed by atoms with Crippen molar-refractivity contribution in [2.45, 2.75) is 45.1 Å². The SMILES string of the molecule is CCCCC(C(=O)O)N1CCC(C(N)=O)CC1. The summed E-state index contributed by atoms with van der Waals surface area (Å²) in [5, 5.41) is 9.19. The summed E-state index contributed by atoms with van der Waals surface area (Å²) in [4.78, 5) is 24.2. The molecule has 5 heteroatoms. The van der Waals surface area contributed by atoms with Crippen molar-refractivity contribution >= 4 is 11.9 Å². The van der Waals surface area contributed by atoms with Gasteiger partial charge in [0, 0.05) is 5.92 Å². The number of piperidine rings is 1. The standard InChI is InChI=1S/C12H22N2O3/c1-2-3-4-10(12(16)17)14-7-5-9(6-8-14)11(13)15/h9-10H,2-8H2,1H3,(H2,13,15)(H,16,17). The molecule has 5 nitrogen and oxygen atoms in total. The molecule has 1 aliphatic heterocycles. The minimum atomic E-state index is -0.754. The molecule has 3 N–H and O–H groups in total. The number of rotatable bonds is 6. The highest BCUT2D eigenvalue weighted by Gasteiger charge is 2.30. The summed E-state index contributed by atoms with van der Waals surface area (Å²) in [6.07, 6.45) is 3.98. The fraction of sp³-hybridized carbons (Fsp3) is 0.833. The highest BCUT2D eigenvalue weighted by atomic mass is 16.4. The van der Waals surface area contributed by atoms with Gasteiger partial charge in [0.25, 0.3) is 0 Å². The first-order valence-electron chi connectivity index (χ1n) is 6.32. The van der Waals surface area contributed by atoms with Crippen molar-refractivity contribution in [3.05, 3.63) is 0 Å². The minimum Gasteiger partial charge on any atom is -0.480 e. The molecule has 1 aliphatic rings. The number of nitrogens with two attached hydrogens (primary N) is 1. The molecular weight excluding hydrogens is 220 g/mol. The first-order chi connectivity index (χ1) is 8.06. The van der Waals surface area contributed by atoms with Gasteiger partial charge in [-0.25, -0.2) is 0 Å². The van der Waals surface area contributed by atoms with E-state index < -0.39 is 12.0 Å². The molecule has 0 aromatic heterocycles. The van der Waals surface area contributed by atoms with Gasteiger partial charge in [0.2, 0.25) is 5.91 Å². The monoisotopic (exact) mass is 242 g/mol. The summed E-state index contributed by atoms with van der Waals surface area (Å²) in [7, 11) is 0. The first-order valence-corrected chi connectivity index (χ1v) is 6.32. The Hall–Kier alpha value is -1.10. The molecular formula is C12H22N2O3. The lowest BCUT2D eigenvalue weighted by Gasteiger charge is -2.34. The average Bonchev–Trinajstić information content (AvgIpc) is 2.29. The van der Waals surface area contributed by atoms with Crippen LogP contribution in [0.3, 0.4) is 0 Å². The topological polar surface area (TPSA) is 83.6 Å². The lowest BCUT2D eigenvalue weighted by atomic mass is 9.94. The minimum absolute atomic E-state index is 0.0770. The van der Waals surface area contributed by atoms with Gasteiger partial charge in [-0.15, -0.1) is 0 Å². The van der Waals surface area contributed by atoms with E-state index in [0.717, 1.165) is 12.8 Å². The van der Waals surface area contributed by atoms with E-state index in [1.807, 2.05) is 4.90 Å². The molecule has 1 atom stereocenters. The fourth-order valence-electron chi connectivity index (χ4n) is 2.36. The van der Waals surface area contributed by atoms with Gasteiger partial charge in [0.05, 0.1) is 0 Å². The van der Waals surface area contributed by atoms with Gasteiger partial charge in [-0.3, -0.25) is 14.5 Å². The van der Waals surface area contributed by atoms with Gasteiger partial charge in [-0.1, -0.05) is 19.8 Å². The highest BCUT2D eigenvalue weighted by molar-refractivity contribution is 5.77. The second-order valence-corrected chi connectivity index (χ2v) is 4.71. The number of primary amides is 1. The summed E-state index contributed by atoms with van der Waals surface area (Å²) >= 11 is 0. The Kier molecular flexibility index (Phi) is 5.41. The van der Waals surface area contributed by atoms with Crippen LogP contribution >= 0.6 is 0 Å². The number of carboxylic acid groups (broad SMARTS) is 1. The Morgan fingerprint density at radius 2 is 2.00 bits per heavy atom. The Bertz CT molecular complexity index is 273. The van der Waals surface area contributed by atoms with E-state index in [2.05, 4.69) is 6.92 Å². The Morgan fingerprint density at radius 1 is 1.41 bits per heavy atom. The molecule has 0 aromatic carbocycles. The highest BCUT2D eigenvalue weighted by Crippen LogP contribution is 2.20. The maximum Gasteiger partial charge on any atom is 0.320 e. The molecule has 98 valence electrons. The van der Waals surface area contributed by atoms with Gasteiger partial charge in [0.1, 0.15) is 6.04 Å². The van der Waals surface area contributed by atoms with Crippen LogP contribution in [0.25, 0.3) is 0 Å². The molecule has 1 amide bonds. The van der Waals surface area contributed by atoms with Crippen LogP contribution < -0.4 is 5.73 Å². The average molecular weight is 242 g/mol. The third kappa shape index (κ3) is 4.00. The molecule has 1 rings (SSSR count). The number of hydrogen-bond donors (Lipinski definition) is 2. The predicted octanol–water partition coefficient (Wildman–Crippen LogP) is 0.827. The summed E-state index contributed by atoms with van der Waals surface area (Å²) in [6, 6.07) is -0.399. The van der Waals surface area contributed by atoms with Crippen LogP contribution in [0.15, 0.2) is 0 Å². The van der Waals surface area contributed by atoms with Crippen molar-refractivity contribution in [3.63, 3.8) is 0 Å². The summed E-state index contributed by atoms with van der Waals surface area (Å²) < 4.78 is 0. The predicted molar refractivity (Wildman–Crippen MR) is 64.4 cm³/mol. The molecule has 1 unspecified atom stereocenters. The molecule has 0 saturated carbocycles. The number of nitrogens with zero attached hydrogens (tertiary/aromatic N) is 1. The number of carbonyl (C=O) groups is 2. The maximum atomic E-state index is 11.2. The molecule has 1 heterocycles. The van der Waals surface area contributed by atoms with Gasteiger partial charge >= 0.3 is 5.97 Å². The molecule has 0 bridgehead atoms. The molecule has 0 radical (unpaired) electrons. The van der Waals surface area contributed by atoms with Crippen LogP contribution in [0.1, 0.15) is 39.0 Å². The number of unbranched alkanes of at least 4 members (excludes halogenated alkanes) is 1. The van der Waals surface area contributed by atoms with E-state index in [4.69, 9.17) is 5.73 Å². The smallest absolute Gasteiger partial charge is 0.320 e. The van der Waals surface area contributed by atoms with Gasteiger partial charge in [-0.2, -0.15) is 0 Å². The third-order valence-corrected chi connectivity index (χ3v) is 3.49. The summed E-state index contributed by atoms with van der Waals surface area (Å²) in [5.41, 5.74) is 5.25. The molecule has 0 spiro atoms. The molecule has 0 aromatic rings. The van der Waals surface area contributed by atoms with Gasteiger partial charge < -0.3 is 10.8 Å². The van der Waals surface area contributed by atoms with E-state index in [9.17, 15) is 14.7 Å². The quantitative estimate of drug-likeness (QED) is 0.722. The lowest BCUT2D eigenvalue weighted by Crippen LogP contribution is -2.47. The van der Waals surface area contributed by atoms with Crippen molar-refractivity contribution in [2.24, 2.45) is 11.7 Å². The van der Waals surface area contributed by atoms with Crippen LogP contribution in [0.5, 0.6) is 0 Å². The van der Waals surface area contributed by atoms with Crippen molar-refractivity contribution in [3.8, 4) is 0 Å². The number of hydrogen-bond acceptors (Lipinski definition) is 3. The van der Waals surface area contributed by atoms with Crippen LogP contribution in [0.4, 0.5) is 0 Å². The lowest BCUT2D eigenvalue weighted by molar-refractivity contribution is -0.144. The normalized spacial score (nSPS) is 20.1. The van der Waals surface area contributed by atoms with Crippen molar-refractivity contribution in [2.75, 3.05) is 13.1 Å². The molecule has 17 heavy (non-hydrogen) atoms. The summed E-state index contributed by atoms with van der Waals surface area (Å²) in [5.74, 6) is -1.09. The zero-order chi connectivity index (χ0) is 12.8. The van der Waals surface area contributed by atoms with Gasteiger partial charge in [-0.05, 0) is 32.4 Å². The van der Waals surface area contributed by atoms with E-state index in [0.29, 0.717) is 32.4 Å². The van der Waals surface area contributed by atoms with Crippen LogP contribution in [-0.4, -0.2) is 41.0 Å². The number of carboxylic acids is 1. The van der Waals surface area contributed by atoms with Crippen molar-refractivity contribution in [1.82, 2.24) is 4.90 Å². The van der Waals surface area contributed by atoms with Crippen molar-refractivity contribution in [1.29, 1.82) is 0 Å². The van der Waals surface area contributed by atoms with E-state index in [1.165, 1.54) is 0 Å². The second kappa shape index (κ2) is 6.59. The number of amides is 1. The molecule has 1 fully saturated rings. The van der Waals surface area contributed by atoms with E-state index in [-0.39, 0.29) is 11.8 Å². The Balaban J connectivity index is 2.48. The van der Waals surface area contributed by atoms with E-state index >= 15 is 0 Å². The number of likely N-dealkylation sites (tertiary alicyclic amines) is 1. The first kappa shape index (κ1) is 14.0. The van der Waals surface area contributed by atoms with Gasteiger partial charge in [0.15, 0.2) is 0 Å². The zero-order valence-electron chi connectivity index (χ0n) is 10.4.